The summed E-state index contributed by atoms with van der Waals surface area (Å²) in [5.41, 5.74) is 1.20. The number of rotatable bonds is 0. The van der Waals surface area contributed by atoms with Crippen LogP contribution in [0.1, 0.15) is 5.56 Å². The van der Waals surface area contributed by atoms with E-state index in [9.17, 15) is 0 Å². The van der Waals surface area contributed by atoms with Crippen LogP contribution in [0.2, 0.25) is 0 Å². The zero-order valence-electron chi connectivity index (χ0n) is 5.59. The van der Waals surface area contributed by atoms with Crippen molar-refractivity contribution in [2.45, 2.75) is 6.92 Å². The molecule has 0 aromatic heterocycles. The van der Waals surface area contributed by atoms with Crippen LogP contribution < -0.4 is 0 Å². The van der Waals surface area contributed by atoms with E-state index in [0.29, 0.717) is 0 Å². The second-order valence-electron chi connectivity index (χ2n) is 2.12. The fourth-order valence-electron chi connectivity index (χ4n) is 0.691. The van der Waals surface area contributed by atoms with Crippen LogP contribution in [0.25, 0.3) is 0 Å². The smallest absolute Gasteiger partial charge is 0.0473 e. The van der Waals surface area contributed by atoms with Gasteiger partial charge >= 0.3 is 0 Å². The van der Waals surface area contributed by atoms with Gasteiger partial charge in [0, 0.05) is 17.9 Å². The summed E-state index contributed by atoms with van der Waals surface area (Å²) in [7, 11) is 0. The van der Waals surface area contributed by atoms with Gasteiger partial charge in [-0.25, -0.2) is 0 Å². The highest BCUT2D eigenvalue weighted by atomic mass is 79.9. The molecule has 60 valence electrons. The number of benzene rings is 1. The van der Waals surface area contributed by atoms with Gasteiger partial charge in [0.25, 0.3) is 0 Å². The second-order valence-corrected chi connectivity index (χ2v) is 5.35. The molecular formula is C7H4Br4. The van der Waals surface area contributed by atoms with Crippen molar-refractivity contribution in [1.29, 1.82) is 0 Å². The Hall–Kier alpha value is 1.14. The van der Waals surface area contributed by atoms with Crippen molar-refractivity contribution in [1.82, 2.24) is 0 Å². The molecule has 1 aromatic rings. The molecular weight excluding hydrogens is 404 g/mol. The van der Waals surface area contributed by atoms with Gasteiger partial charge in [0.2, 0.25) is 0 Å². The molecule has 0 radical (unpaired) electrons. The molecule has 4 heteroatoms. The van der Waals surface area contributed by atoms with Gasteiger partial charge in [0.05, 0.1) is 0 Å². The van der Waals surface area contributed by atoms with E-state index in [2.05, 4.69) is 69.8 Å². The zero-order valence-corrected chi connectivity index (χ0v) is 11.9. The highest BCUT2D eigenvalue weighted by Crippen LogP contribution is 2.38. The fourth-order valence-corrected chi connectivity index (χ4v) is 2.92. The van der Waals surface area contributed by atoms with E-state index < -0.39 is 0 Å². The normalized spacial score (nSPS) is 10.3. The van der Waals surface area contributed by atoms with Gasteiger partial charge in [-0.15, -0.1) is 0 Å². The van der Waals surface area contributed by atoms with Crippen LogP contribution in [0.15, 0.2) is 24.0 Å². The predicted octanol–water partition coefficient (Wildman–Crippen LogP) is 5.05. The Kier molecular flexibility index (Phi) is 3.62. The largest absolute Gasteiger partial charge is 0.0496 e. The van der Waals surface area contributed by atoms with Crippen molar-refractivity contribution in [3.8, 4) is 0 Å². The Morgan fingerprint density at radius 3 is 2.00 bits per heavy atom. The maximum Gasteiger partial charge on any atom is 0.0473 e. The Balaban J connectivity index is 3.46. The van der Waals surface area contributed by atoms with Crippen LogP contribution in [0, 0.1) is 6.92 Å². The molecule has 0 nitrogen and oxygen atoms in total. The molecule has 0 amide bonds. The second kappa shape index (κ2) is 3.90. The van der Waals surface area contributed by atoms with E-state index in [4.69, 9.17) is 0 Å². The van der Waals surface area contributed by atoms with Gasteiger partial charge in [-0.1, -0.05) is 0 Å². The molecule has 0 N–H and O–H groups in total. The topological polar surface area (TPSA) is 0 Å². The van der Waals surface area contributed by atoms with Crippen LogP contribution in [-0.2, 0) is 0 Å². The van der Waals surface area contributed by atoms with Gasteiger partial charge in [0.1, 0.15) is 0 Å². The first kappa shape index (κ1) is 10.2. The molecule has 0 aliphatic rings. The molecule has 0 bridgehead atoms. The Morgan fingerprint density at radius 1 is 0.909 bits per heavy atom. The lowest BCUT2D eigenvalue weighted by atomic mass is 10.2. The molecule has 0 saturated heterocycles. The van der Waals surface area contributed by atoms with Gasteiger partial charge in [0.15, 0.2) is 0 Å². The minimum atomic E-state index is 1.04. The van der Waals surface area contributed by atoms with Crippen molar-refractivity contribution in [3.63, 3.8) is 0 Å². The molecule has 0 atom stereocenters. The van der Waals surface area contributed by atoms with E-state index in [-0.39, 0.29) is 0 Å². The lowest BCUT2D eigenvalue weighted by molar-refractivity contribution is 1.36. The van der Waals surface area contributed by atoms with E-state index in [1.165, 1.54) is 5.56 Å². The number of aryl methyl sites for hydroxylation is 1. The monoisotopic (exact) mass is 404 g/mol. The van der Waals surface area contributed by atoms with Crippen molar-refractivity contribution in [3.05, 3.63) is 29.5 Å². The standard InChI is InChI=1S/C7H4Br4/c1-3-2-4(8)6(10)7(11)5(3)9/h2H,1H3. The van der Waals surface area contributed by atoms with Crippen molar-refractivity contribution in [2.75, 3.05) is 0 Å². The highest BCUT2D eigenvalue weighted by molar-refractivity contribution is 9.15. The maximum atomic E-state index is 3.47. The minimum absolute atomic E-state index is 1.04. The summed E-state index contributed by atoms with van der Waals surface area (Å²) >= 11 is 13.8. The van der Waals surface area contributed by atoms with Gasteiger partial charge < -0.3 is 0 Å². The molecule has 1 aromatic carbocycles. The third kappa shape index (κ3) is 2.08. The van der Waals surface area contributed by atoms with Gasteiger partial charge in [-0.05, 0) is 82.3 Å². The summed E-state index contributed by atoms with van der Waals surface area (Å²) in [5, 5.41) is 0. The van der Waals surface area contributed by atoms with Crippen molar-refractivity contribution in [2.24, 2.45) is 0 Å². The predicted molar refractivity (Wildman–Crippen MR) is 62.0 cm³/mol. The lowest BCUT2D eigenvalue weighted by Gasteiger charge is -2.05. The lowest BCUT2D eigenvalue weighted by Crippen LogP contribution is -1.80. The Bertz CT molecular complexity index is 267. The first-order valence-electron chi connectivity index (χ1n) is 2.83. The molecule has 11 heavy (non-hydrogen) atoms. The van der Waals surface area contributed by atoms with E-state index in [1.54, 1.807) is 0 Å². The minimum Gasteiger partial charge on any atom is -0.0496 e. The van der Waals surface area contributed by atoms with E-state index in [0.717, 1.165) is 17.9 Å². The quantitative estimate of drug-likeness (QED) is 0.417. The molecule has 1 rings (SSSR count). The summed E-state index contributed by atoms with van der Waals surface area (Å²) < 4.78 is 4.23. The van der Waals surface area contributed by atoms with E-state index >= 15 is 0 Å². The Labute approximate surface area is 99.3 Å². The molecule has 0 heterocycles. The molecule has 0 unspecified atom stereocenters. The van der Waals surface area contributed by atoms with Crippen LogP contribution >= 0.6 is 63.7 Å². The summed E-state index contributed by atoms with van der Waals surface area (Å²) in [5.74, 6) is 0. The third-order valence-electron chi connectivity index (χ3n) is 1.28. The first-order chi connectivity index (χ1) is 5.04. The number of hydrogen-bond acceptors (Lipinski definition) is 0. The highest BCUT2D eigenvalue weighted by Gasteiger charge is 2.07. The molecule has 0 aliphatic carbocycles. The Morgan fingerprint density at radius 2 is 1.45 bits per heavy atom. The van der Waals surface area contributed by atoms with Crippen LogP contribution in [0.3, 0.4) is 0 Å². The zero-order chi connectivity index (χ0) is 8.59. The van der Waals surface area contributed by atoms with Crippen molar-refractivity contribution >= 4 is 63.7 Å². The molecule has 0 saturated carbocycles. The molecule has 0 fully saturated rings. The van der Waals surface area contributed by atoms with Crippen molar-refractivity contribution < 1.29 is 0 Å². The number of halogens is 4. The number of hydrogen-bond donors (Lipinski definition) is 0. The SMILES string of the molecule is Cc1cc(Br)c(Br)c(Br)c1Br. The van der Waals surface area contributed by atoms with Gasteiger partial charge in [-0.3, -0.25) is 0 Å². The van der Waals surface area contributed by atoms with Crippen LogP contribution in [0.5, 0.6) is 0 Å². The first-order valence-corrected chi connectivity index (χ1v) is 6.01. The maximum absolute atomic E-state index is 3.47. The fraction of sp³-hybridized carbons (Fsp3) is 0.143. The average Bonchev–Trinajstić information content (AvgIpc) is 1.97. The van der Waals surface area contributed by atoms with Crippen LogP contribution in [0.4, 0.5) is 0 Å². The molecule has 0 aliphatic heterocycles. The summed E-state index contributed by atoms with van der Waals surface area (Å²) in [4.78, 5) is 0. The summed E-state index contributed by atoms with van der Waals surface area (Å²) in [6.45, 7) is 2.05. The van der Waals surface area contributed by atoms with Gasteiger partial charge in [-0.2, -0.15) is 0 Å². The summed E-state index contributed by atoms with van der Waals surface area (Å²) in [6, 6.07) is 2.05. The van der Waals surface area contributed by atoms with Crippen LogP contribution in [-0.4, -0.2) is 0 Å². The summed E-state index contributed by atoms with van der Waals surface area (Å²) in [6.07, 6.45) is 0. The van der Waals surface area contributed by atoms with E-state index in [1.807, 2.05) is 6.92 Å². The third-order valence-corrected chi connectivity index (χ3v) is 6.14. The average molecular weight is 408 g/mol. The molecule has 0 spiro atoms.